The molecule has 1 unspecified atom stereocenters. The second-order valence-electron chi connectivity index (χ2n) is 9.19. The zero-order valence-electron chi connectivity index (χ0n) is 22.0. The summed E-state index contributed by atoms with van der Waals surface area (Å²) in [7, 11) is 0. The summed E-state index contributed by atoms with van der Waals surface area (Å²) in [6, 6.07) is 19.6. The number of hydrogen-bond acceptors (Lipinski definition) is 5. The van der Waals surface area contributed by atoms with E-state index in [1.807, 2.05) is 31.2 Å². The van der Waals surface area contributed by atoms with E-state index in [1.165, 1.54) is 17.0 Å². The fraction of sp³-hybridized carbons (Fsp3) is 0.290. The van der Waals surface area contributed by atoms with Crippen LogP contribution in [0.15, 0.2) is 78.4 Å². The highest BCUT2D eigenvalue weighted by Gasteiger charge is 2.46. The minimum atomic E-state index is -0.814. The lowest BCUT2D eigenvalue weighted by molar-refractivity contribution is -0.140. The van der Waals surface area contributed by atoms with Crippen LogP contribution in [0.4, 0.5) is 10.1 Å². The molecule has 1 heterocycles. The Morgan fingerprint density at radius 1 is 0.974 bits per heavy atom. The van der Waals surface area contributed by atoms with E-state index in [2.05, 4.69) is 18.7 Å². The number of aliphatic hydroxyl groups excluding tert-OH is 1. The largest absolute Gasteiger partial charge is 0.507 e. The molecule has 0 bridgehead atoms. The van der Waals surface area contributed by atoms with Gasteiger partial charge < -0.3 is 19.6 Å². The van der Waals surface area contributed by atoms with Gasteiger partial charge in [-0.25, -0.2) is 4.39 Å². The Balaban J connectivity index is 1.81. The predicted molar refractivity (Wildman–Crippen MR) is 146 cm³/mol. The average Bonchev–Trinajstić information content (AvgIpc) is 3.19. The number of carbonyl (C=O) groups excluding carboxylic acids is 2. The van der Waals surface area contributed by atoms with E-state index < -0.39 is 17.7 Å². The summed E-state index contributed by atoms with van der Waals surface area (Å²) in [5, 5.41) is 11.4. The van der Waals surface area contributed by atoms with E-state index >= 15 is 0 Å². The first-order valence-electron chi connectivity index (χ1n) is 13.0. The highest BCUT2D eigenvalue weighted by Crippen LogP contribution is 2.41. The van der Waals surface area contributed by atoms with Gasteiger partial charge >= 0.3 is 0 Å². The smallest absolute Gasteiger partial charge is 0.295 e. The first kappa shape index (κ1) is 26.9. The number of anilines is 1. The predicted octanol–water partition coefficient (Wildman–Crippen LogP) is 6.08. The van der Waals surface area contributed by atoms with Crippen LogP contribution in [0.25, 0.3) is 5.76 Å². The number of rotatable bonds is 10. The number of aliphatic hydroxyl groups is 1. The van der Waals surface area contributed by atoms with Gasteiger partial charge in [0.1, 0.15) is 17.3 Å². The molecule has 1 aliphatic heterocycles. The van der Waals surface area contributed by atoms with Crippen LogP contribution in [-0.4, -0.2) is 41.4 Å². The van der Waals surface area contributed by atoms with Crippen LogP contribution in [-0.2, 0) is 16.1 Å². The Kier molecular flexibility index (Phi) is 8.46. The molecule has 198 valence electrons. The van der Waals surface area contributed by atoms with Gasteiger partial charge in [-0.1, -0.05) is 43.3 Å². The molecule has 1 saturated heterocycles. The van der Waals surface area contributed by atoms with Crippen molar-refractivity contribution in [3.8, 4) is 5.75 Å². The second-order valence-corrected chi connectivity index (χ2v) is 9.19. The molecule has 0 radical (unpaired) electrons. The first-order valence-corrected chi connectivity index (χ1v) is 13.0. The maximum atomic E-state index is 13.5. The minimum Gasteiger partial charge on any atom is -0.507 e. The fourth-order valence-corrected chi connectivity index (χ4v) is 4.74. The van der Waals surface area contributed by atoms with Gasteiger partial charge in [-0.15, -0.1) is 0 Å². The third-order valence-electron chi connectivity index (χ3n) is 6.72. The van der Waals surface area contributed by atoms with Crippen molar-refractivity contribution in [2.45, 2.75) is 39.8 Å². The molecule has 1 atom stereocenters. The van der Waals surface area contributed by atoms with Crippen molar-refractivity contribution in [2.24, 2.45) is 0 Å². The van der Waals surface area contributed by atoms with Gasteiger partial charge in [0.25, 0.3) is 11.7 Å². The molecule has 7 heteroatoms. The van der Waals surface area contributed by atoms with E-state index in [-0.39, 0.29) is 23.7 Å². The van der Waals surface area contributed by atoms with Gasteiger partial charge in [-0.2, -0.15) is 0 Å². The van der Waals surface area contributed by atoms with E-state index in [0.29, 0.717) is 29.0 Å². The fourth-order valence-electron chi connectivity index (χ4n) is 4.74. The van der Waals surface area contributed by atoms with Crippen LogP contribution in [0.1, 0.15) is 49.9 Å². The van der Waals surface area contributed by atoms with Gasteiger partial charge in [0.2, 0.25) is 0 Å². The molecular weight excluding hydrogens is 483 g/mol. The van der Waals surface area contributed by atoms with Crippen molar-refractivity contribution in [3.05, 3.63) is 101 Å². The van der Waals surface area contributed by atoms with Crippen LogP contribution in [0.3, 0.4) is 0 Å². The molecule has 0 spiro atoms. The highest BCUT2D eigenvalue weighted by molar-refractivity contribution is 6.46. The van der Waals surface area contributed by atoms with Crippen molar-refractivity contribution >= 4 is 23.1 Å². The number of halogens is 1. The van der Waals surface area contributed by atoms with Gasteiger partial charge in [-0.3, -0.25) is 9.59 Å². The van der Waals surface area contributed by atoms with Crippen molar-refractivity contribution in [2.75, 3.05) is 24.6 Å². The third-order valence-corrected chi connectivity index (χ3v) is 6.72. The van der Waals surface area contributed by atoms with Gasteiger partial charge in [0.15, 0.2) is 0 Å². The monoisotopic (exact) mass is 516 g/mol. The minimum absolute atomic E-state index is 0.0142. The van der Waals surface area contributed by atoms with Crippen molar-refractivity contribution < 1.29 is 23.8 Å². The van der Waals surface area contributed by atoms with Gasteiger partial charge in [-0.05, 0) is 67.8 Å². The van der Waals surface area contributed by atoms with Crippen LogP contribution in [0.2, 0.25) is 0 Å². The maximum absolute atomic E-state index is 13.5. The molecule has 0 saturated carbocycles. The molecule has 4 rings (SSSR count). The Morgan fingerprint density at radius 2 is 1.66 bits per heavy atom. The molecule has 1 fully saturated rings. The lowest BCUT2D eigenvalue weighted by Gasteiger charge is -2.27. The number of amides is 1. The Bertz CT molecular complexity index is 1310. The van der Waals surface area contributed by atoms with Crippen LogP contribution < -0.4 is 9.64 Å². The van der Waals surface area contributed by atoms with Crippen molar-refractivity contribution in [3.63, 3.8) is 0 Å². The number of ether oxygens (including phenoxy) is 1. The average molecular weight is 517 g/mol. The summed E-state index contributed by atoms with van der Waals surface area (Å²) >= 11 is 0. The lowest BCUT2D eigenvalue weighted by Crippen LogP contribution is -2.29. The van der Waals surface area contributed by atoms with Crippen molar-refractivity contribution in [1.82, 2.24) is 4.90 Å². The van der Waals surface area contributed by atoms with E-state index in [1.54, 1.807) is 36.4 Å². The quantitative estimate of drug-likeness (QED) is 0.201. The molecule has 1 aliphatic rings. The van der Waals surface area contributed by atoms with E-state index in [4.69, 9.17) is 4.74 Å². The first-order chi connectivity index (χ1) is 18.4. The zero-order valence-corrected chi connectivity index (χ0v) is 22.0. The Hall–Kier alpha value is -4.13. The highest BCUT2D eigenvalue weighted by atomic mass is 19.1. The normalized spacial score (nSPS) is 16.6. The Labute approximate surface area is 223 Å². The molecule has 3 aromatic carbocycles. The number of ketones is 1. The summed E-state index contributed by atoms with van der Waals surface area (Å²) in [6.07, 6.45) is 0.828. The number of hydrogen-bond donors (Lipinski definition) is 1. The summed E-state index contributed by atoms with van der Waals surface area (Å²) in [5.74, 6) is -1.56. The summed E-state index contributed by atoms with van der Waals surface area (Å²) < 4.78 is 19.2. The van der Waals surface area contributed by atoms with E-state index in [9.17, 15) is 19.1 Å². The number of Topliss-reactive ketones (excluding diaryl/α,β-unsaturated/α-hetero) is 1. The molecule has 1 amide bonds. The van der Waals surface area contributed by atoms with Gasteiger partial charge in [0, 0.05) is 30.9 Å². The summed E-state index contributed by atoms with van der Waals surface area (Å²) in [6.45, 7) is 8.44. The second kappa shape index (κ2) is 11.9. The molecule has 0 aliphatic carbocycles. The van der Waals surface area contributed by atoms with Crippen LogP contribution in [0, 0.1) is 5.82 Å². The maximum Gasteiger partial charge on any atom is 0.295 e. The standard InChI is InChI=1S/C31H33FN2O4/c1-4-18-38-26-9-7-8-23(19-26)29(35)27-28(22-12-16-25(17-13-22)33(5-2)6-3)34(31(37)30(27)36)20-21-10-14-24(32)15-11-21/h7-17,19,28,35H,4-6,18,20H2,1-3H3/b29-27-. The molecule has 3 aromatic rings. The molecule has 0 aromatic heterocycles. The topological polar surface area (TPSA) is 70.1 Å². The molecular formula is C31H33FN2O4. The Morgan fingerprint density at radius 3 is 2.29 bits per heavy atom. The number of benzene rings is 3. The number of nitrogens with zero attached hydrogens (tertiary/aromatic N) is 2. The van der Waals surface area contributed by atoms with Gasteiger partial charge in [0.05, 0.1) is 18.2 Å². The summed E-state index contributed by atoms with van der Waals surface area (Å²) in [4.78, 5) is 30.3. The summed E-state index contributed by atoms with van der Waals surface area (Å²) in [5.41, 5.74) is 2.80. The molecule has 38 heavy (non-hydrogen) atoms. The molecule has 1 N–H and O–H groups in total. The number of carbonyl (C=O) groups is 2. The third kappa shape index (κ3) is 5.57. The molecule has 6 nitrogen and oxygen atoms in total. The van der Waals surface area contributed by atoms with Crippen LogP contribution in [0.5, 0.6) is 5.75 Å². The number of likely N-dealkylation sites (tertiary alicyclic amines) is 1. The zero-order chi connectivity index (χ0) is 27.2. The lowest BCUT2D eigenvalue weighted by atomic mass is 9.94. The van der Waals surface area contributed by atoms with Crippen LogP contribution >= 0.6 is 0 Å². The SMILES string of the molecule is CCCOc1cccc(/C(O)=C2/C(=O)C(=O)N(Cc3ccc(F)cc3)C2c2ccc(N(CC)CC)cc2)c1. The van der Waals surface area contributed by atoms with Crippen molar-refractivity contribution in [1.29, 1.82) is 0 Å². The van der Waals surface area contributed by atoms with E-state index in [0.717, 1.165) is 25.2 Å².